The minimum absolute atomic E-state index is 0.127. The van der Waals surface area contributed by atoms with Gasteiger partial charge in [-0.25, -0.2) is 4.68 Å². The third-order valence-electron chi connectivity index (χ3n) is 3.19. The predicted molar refractivity (Wildman–Crippen MR) is 87.1 cm³/mol. The van der Waals surface area contributed by atoms with Gasteiger partial charge in [-0.05, 0) is 37.3 Å². The summed E-state index contributed by atoms with van der Waals surface area (Å²) in [5.74, 6) is 0.358. The zero-order valence-electron chi connectivity index (χ0n) is 12.5. The highest BCUT2D eigenvalue weighted by Crippen LogP contribution is 2.24. The van der Waals surface area contributed by atoms with Crippen LogP contribution >= 0.6 is 11.3 Å². The van der Waals surface area contributed by atoms with Gasteiger partial charge in [0.25, 0.3) is 5.56 Å². The summed E-state index contributed by atoms with van der Waals surface area (Å²) in [6.45, 7) is 2.16. The van der Waals surface area contributed by atoms with E-state index < -0.39 is 0 Å². The van der Waals surface area contributed by atoms with Gasteiger partial charge in [-0.2, -0.15) is 5.10 Å². The van der Waals surface area contributed by atoms with E-state index in [1.165, 1.54) is 10.7 Å². The first-order valence-corrected chi connectivity index (χ1v) is 7.87. The van der Waals surface area contributed by atoms with Gasteiger partial charge in [0, 0.05) is 10.9 Å². The molecule has 6 nitrogen and oxygen atoms in total. The van der Waals surface area contributed by atoms with Gasteiger partial charge in [-0.1, -0.05) is 0 Å². The van der Waals surface area contributed by atoms with Crippen molar-refractivity contribution in [2.45, 2.75) is 20.0 Å². The highest BCUT2D eigenvalue weighted by Gasteiger charge is 2.09. The minimum atomic E-state index is -0.310. The van der Waals surface area contributed by atoms with Crippen LogP contribution in [0.1, 0.15) is 10.6 Å². The molecule has 0 radical (unpaired) electrons. The number of hydrogen-bond acceptors (Lipinski definition) is 5. The number of furan rings is 1. The Kier molecular flexibility index (Phi) is 4.38. The van der Waals surface area contributed by atoms with Crippen LogP contribution in [0.15, 0.2) is 51.9 Å². The van der Waals surface area contributed by atoms with E-state index in [2.05, 4.69) is 10.4 Å². The van der Waals surface area contributed by atoms with Crippen molar-refractivity contribution >= 4 is 17.2 Å². The van der Waals surface area contributed by atoms with Gasteiger partial charge in [0.2, 0.25) is 5.91 Å². The van der Waals surface area contributed by atoms with Crippen LogP contribution in [0.5, 0.6) is 0 Å². The summed E-state index contributed by atoms with van der Waals surface area (Å²) in [6.07, 6.45) is 1.54. The highest BCUT2D eigenvalue weighted by molar-refractivity contribution is 7.15. The molecule has 0 spiro atoms. The quantitative estimate of drug-likeness (QED) is 0.778. The molecule has 0 atom stereocenters. The van der Waals surface area contributed by atoms with Gasteiger partial charge in [-0.15, -0.1) is 11.3 Å². The lowest BCUT2D eigenvalue weighted by molar-refractivity contribution is -0.122. The molecule has 0 aliphatic carbocycles. The normalized spacial score (nSPS) is 10.7. The predicted octanol–water partition coefficient (Wildman–Crippen LogP) is 2.19. The zero-order valence-corrected chi connectivity index (χ0v) is 13.3. The molecule has 3 aromatic heterocycles. The molecule has 0 aliphatic rings. The van der Waals surface area contributed by atoms with Crippen molar-refractivity contribution in [3.8, 4) is 10.6 Å². The van der Waals surface area contributed by atoms with Gasteiger partial charge in [0.15, 0.2) is 0 Å². The Bertz CT molecular complexity index is 865. The molecule has 0 bridgehead atoms. The Morgan fingerprint density at radius 2 is 2.17 bits per heavy atom. The van der Waals surface area contributed by atoms with Crippen molar-refractivity contribution in [3.63, 3.8) is 0 Å². The van der Waals surface area contributed by atoms with E-state index in [-0.39, 0.29) is 24.6 Å². The SMILES string of the molecule is Cc1ccc(-c2ccc(=O)n(CC(=O)NCc3ccco3)n2)s1. The molecule has 3 aromatic rings. The van der Waals surface area contributed by atoms with Crippen LogP contribution in [0.3, 0.4) is 0 Å². The summed E-state index contributed by atoms with van der Waals surface area (Å²) in [7, 11) is 0. The van der Waals surface area contributed by atoms with Crippen LogP contribution in [0.4, 0.5) is 0 Å². The lowest BCUT2D eigenvalue weighted by Crippen LogP contribution is -2.33. The first-order valence-electron chi connectivity index (χ1n) is 7.06. The molecule has 0 saturated heterocycles. The van der Waals surface area contributed by atoms with E-state index in [4.69, 9.17) is 4.42 Å². The monoisotopic (exact) mass is 329 g/mol. The van der Waals surface area contributed by atoms with Crippen molar-refractivity contribution in [1.29, 1.82) is 0 Å². The molecule has 3 rings (SSSR count). The maximum atomic E-state index is 12.0. The van der Waals surface area contributed by atoms with Crippen LogP contribution in [0.25, 0.3) is 10.6 Å². The number of nitrogens with one attached hydrogen (secondary N) is 1. The summed E-state index contributed by atoms with van der Waals surface area (Å²) >= 11 is 1.59. The van der Waals surface area contributed by atoms with E-state index >= 15 is 0 Å². The molecule has 1 N–H and O–H groups in total. The first-order chi connectivity index (χ1) is 11.1. The smallest absolute Gasteiger partial charge is 0.267 e. The molecule has 3 heterocycles. The van der Waals surface area contributed by atoms with Crippen LogP contribution in [-0.4, -0.2) is 15.7 Å². The lowest BCUT2D eigenvalue weighted by atomic mass is 10.3. The van der Waals surface area contributed by atoms with Gasteiger partial charge in [0.1, 0.15) is 18.0 Å². The number of carbonyl (C=O) groups excluding carboxylic acids is 1. The molecular formula is C16H15N3O3S. The van der Waals surface area contributed by atoms with E-state index in [0.717, 1.165) is 9.75 Å². The number of hydrogen-bond donors (Lipinski definition) is 1. The second-order valence-corrected chi connectivity index (χ2v) is 6.27. The largest absolute Gasteiger partial charge is 0.467 e. The summed E-state index contributed by atoms with van der Waals surface area (Å²) in [6, 6.07) is 10.6. The summed E-state index contributed by atoms with van der Waals surface area (Å²) in [5.41, 5.74) is 0.372. The number of aryl methyl sites for hydroxylation is 1. The number of aromatic nitrogens is 2. The van der Waals surface area contributed by atoms with E-state index in [0.29, 0.717) is 11.5 Å². The fourth-order valence-corrected chi connectivity index (χ4v) is 2.89. The Morgan fingerprint density at radius 1 is 1.30 bits per heavy atom. The van der Waals surface area contributed by atoms with Gasteiger partial charge < -0.3 is 9.73 Å². The van der Waals surface area contributed by atoms with Gasteiger partial charge in [-0.3, -0.25) is 9.59 Å². The van der Waals surface area contributed by atoms with Crippen molar-refractivity contribution in [2.75, 3.05) is 0 Å². The van der Waals surface area contributed by atoms with Crippen molar-refractivity contribution in [1.82, 2.24) is 15.1 Å². The van der Waals surface area contributed by atoms with E-state index in [9.17, 15) is 9.59 Å². The number of thiophene rings is 1. The van der Waals surface area contributed by atoms with Gasteiger partial charge in [0.05, 0.1) is 17.7 Å². The summed E-state index contributed by atoms with van der Waals surface area (Å²) < 4.78 is 6.31. The Morgan fingerprint density at radius 3 is 2.87 bits per heavy atom. The fourth-order valence-electron chi connectivity index (χ4n) is 2.06. The second kappa shape index (κ2) is 6.62. The molecule has 7 heteroatoms. The fraction of sp³-hybridized carbons (Fsp3) is 0.188. The van der Waals surface area contributed by atoms with E-state index in [1.54, 1.807) is 35.8 Å². The number of nitrogens with zero attached hydrogens (tertiary/aromatic N) is 2. The Balaban J connectivity index is 1.71. The molecule has 23 heavy (non-hydrogen) atoms. The number of amides is 1. The van der Waals surface area contributed by atoms with Crippen molar-refractivity contribution in [3.05, 3.63) is 63.7 Å². The maximum Gasteiger partial charge on any atom is 0.267 e. The summed E-state index contributed by atoms with van der Waals surface area (Å²) in [5, 5.41) is 6.97. The summed E-state index contributed by atoms with van der Waals surface area (Å²) in [4.78, 5) is 26.0. The molecule has 0 fully saturated rings. The molecule has 0 saturated carbocycles. The van der Waals surface area contributed by atoms with Crippen LogP contribution in [-0.2, 0) is 17.9 Å². The molecule has 118 valence electrons. The van der Waals surface area contributed by atoms with Crippen molar-refractivity contribution < 1.29 is 9.21 Å². The molecule has 0 aliphatic heterocycles. The van der Waals surface area contributed by atoms with Gasteiger partial charge >= 0.3 is 0 Å². The zero-order chi connectivity index (χ0) is 16.2. The average Bonchev–Trinajstić information content (AvgIpc) is 3.19. The maximum absolute atomic E-state index is 12.0. The van der Waals surface area contributed by atoms with Crippen LogP contribution in [0, 0.1) is 6.92 Å². The number of carbonyl (C=O) groups is 1. The lowest BCUT2D eigenvalue weighted by Gasteiger charge is -2.06. The standard InChI is InChI=1S/C16H15N3O3S/c1-11-4-6-14(23-11)13-5-7-16(21)19(18-13)10-15(20)17-9-12-3-2-8-22-12/h2-8H,9-10H2,1H3,(H,17,20). The topological polar surface area (TPSA) is 77.1 Å². The van der Waals surface area contributed by atoms with E-state index in [1.807, 2.05) is 19.1 Å². The average molecular weight is 329 g/mol. The van der Waals surface area contributed by atoms with Crippen LogP contribution < -0.4 is 10.9 Å². The minimum Gasteiger partial charge on any atom is -0.467 e. The van der Waals surface area contributed by atoms with Crippen LogP contribution in [0.2, 0.25) is 0 Å². The molecule has 0 unspecified atom stereocenters. The number of rotatable bonds is 5. The van der Waals surface area contributed by atoms with Crippen molar-refractivity contribution in [2.24, 2.45) is 0 Å². The third kappa shape index (κ3) is 3.75. The molecular weight excluding hydrogens is 314 g/mol. The highest BCUT2D eigenvalue weighted by atomic mass is 32.1. The third-order valence-corrected chi connectivity index (χ3v) is 4.22. The molecule has 1 amide bonds. The Labute approximate surface area is 136 Å². The molecule has 0 aromatic carbocycles. The second-order valence-electron chi connectivity index (χ2n) is 4.98. The Hall–Kier alpha value is -2.67. The first kappa shape index (κ1) is 15.2.